The molecule has 0 amide bonds. The minimum absolute atomic E-state index is 0.382. The lowest BCUT2D eigenvalue weighted by molar-refractivity contribution is 1.10. The minimum Gasteiger partial charge on any atom is -0.308 e. The Hall–Kier alpha value is -9.90. The number of benzene rings is 6. The summed E-state index contributed by atoms with van der Waals surface area (Å²) in [6.07, 6.45) is 14.8. The van der Waals surface area contributed by atoms with Crippen molar-refractivity contribution in [2.75, 3.05) is 0 Å². The Balaban J connectivity index is 1.19. The van der Waals surface area contributed by atoms with Gasteiger partial charge in [-0.3, -0.25) is 19.9 Å². The van der Waals surface area contributed by atoms with E-state index in [1.165, 1.54) is 0 Å². The molecular formula is C58H32N10. The van der Waals surface area contributed by atoms with E-state index in [0.717, 1.165) is 98.6 Å². The first-order valence-corrected chi connectivity index (χ1v) is 22.2. The van der Waals surface area contributed by atoms with Crippen LogP contribution in [0.25, 0.3) is 121 Å². The van der Waals surface area contributed by atoms with Crippen LogP contribution in [0, 0.1) is 22.7 Å². The van der Waals surface area contributed by atoms with Crippen molar-refractivity contribution in [2.24, 2.45) is 0 Å². The summed E-state index contributed by atoms with van der Waals surface area (Å²) in [7, 11) is 0. The summed E-state index contributed by atoms with van der Waals surface area (Å²) in [5.41, 5.74) is 12.2. The van der Waals surface area contributed by atoms with E-state index in [4.69, 9.17) is 0 Å². The van der Waals surface area contributed by atoms with Crippen LogP contribution < -0.4 is 0 Å². The molecule has 0 unspecified atom stereocenters. The molecule has 8 aromatic heterocycles. The van der Waals surface area contributed by atoms with Gasteiger partial charge >= 0.3 is 0 Å². The summed E-state index contributed by atoms with van der Waals surface area (Å²) in [5.74, 6) is 0. The first kappa shape index (κ1) is 37.5. The zero-order chi connectivity index (χ0) is 45.0. The van der Waals surface area contributed by atoms with E-state index in [1.807, 2.05) is 135 Å². The van der Waals surface area contributed by atoms with Gasteiger partial charge < -0.3 is 18.3 Å². The number of nitriles is 2. The monoisotopic (exact) mass is 868 g/mol. The van der Waals surface area contributed by atoms with Crippen molar-refractivity contribution in [3.63, 3.8) is 0 Å². The molecule has 0 saturated carbocycles. The maximum absolute atomic E-state index is 11.7. The summed E-state index contributed by atoms with van der Waals surface area (Å²) < 4.78 is 8.77. The average molecular weight is 869 g/mol. The number of fused-ring (bicyclic) bond motifs is 12. The molecule has 8 heterocycles. The molecule has 0 bridgehead atoms. The number of rotatable bonds is 5. The van der Waals surface area contributed by atoms with Crippen molar-refractivity contribution >= 4 is 87.2 Å². The van der Waals surface area contributed by atoms with E-state index < -0.39 is 0 Å². The van der Waals surface area contributed by atoms with Crippen LogP contribution in [0.5, 0.6) is 0 Å². The molecule has 68 heavy (non-hydrogen) atoms. The van der Waals surface area contributed by atoms with Crippen LogP contribution in [0.3, 0.4) is 0 Å². The molecule has 0 spiro atoms. The third kappa shape index (κ3) is 5.14. The van der Waals surface area contributed by atoms with E-state index in [-0.39, 0.29) is 0 Å². The Morgan fingerprint density at radius 2 is 0.588 bits per heavy atom. The van der Waals surface area contributed by atoms with Crippen LogP contribution in [0.4, 0.5) is 0 Å². The third-order valence-electron chi connectivity index (χ3n) is 13.6. The fraction of sp³-hybridized carbons (Fsp3) is 0. The molecule has 0 fully saturated rings. The second-order valence-electron chi connectivity index (χ2n) is 17.0. The van der Waals surface area contributed by atoms with Crippen molar-refractivity contribution < 1.29 is 0 Å². The van der Waals surface area contributed by atoms with Crippen molar-refractivity contribution in [3.05, 3.63) is 206 Å². The maximum Gasteiger partial charge on any atom is 0.0999 e. The first-order chi connectivity index (χ1) is 33.7. The fourth-order valence-corrected chi connectivity index (χ4v) is 10.9. The normalized spacial score (nSPS) is 11.8. The van der Waals surface area contributed by atoms with Gasteiger partial charge in [-0.05, 0) is 72.8 Å². The highest BCUT2D eigenvalue weighted by atomic mass is 15.0. The zero-order valence-electron chi connectivity index (χ0n) is 35.9. The van der Waals surface area contributed by atoms with E-state index in [9.17, 15) is 10.5 Å². The topological polar surface area (TPSA) is 119 Å². The van der Waals surface area contributed by atoms with Crippen LogP contribution in [0.1, 0.15) is 11.1 Å². The van der Waals surface area contributed by atoms with Gasteiger partial charge in [0.2, 0.25) is 0 Å². The van der Waals surface area contributed by atoms with Crippen LogP contribution >= 0.6 is 0 Å². The van der Waals surface area contributed by atoms with Crippen molar-refractivity contribution in [1.29, 1.82) is 10.5 Å². The summed E-state index contributed by atoms with van der Waals surface area (Å²) in [5, 5.41) is 31.8. The van der Waals surface area contributed by atoms with Gasteiger partial charge in [-0.15, -0.1) is 0 Å². The van der Waals surface area contributed by atoms with E-state index in [1.54, 1.807) is 0 Å². The van der Waals surface area contributed by atoms with E-state index in [2.05, 4.69) is 111 Å². The Morgan fingerprint density at radius 3 is 0.912 bits per heavy atom. The Morgan fingerprint density at radius 1 is 0.309 bits per heavy atom. The lowest BCUT2D eigenvalue weighted by Crippen LogP contribution is -2.08. The molecule has 14 rings (SSSR count). The Bertz CT molecular complexity index is 4050. The number of pyridine rings is 4. The number of nitrogens with zero attached hydrogens (tertiary/aromatic N) is 10. The molecule has 0 aliphatic heterocycles. The Labute approximate surface area is 386 Å². The molecule has 10 heteroatoms. The Kier molecular flexibility index (Phi) is 7.88. The minimum atomic E-state index is 0.382. The molecule has 0 atom stereocenters. The molecule has 0 radical (unpaired) electrons. The summed E-state index contributed by atoms with van der Waals surface area (Å²) in [6.45, 7) is 0. The highest BCUT2D eigenvalue weighted by Crippen LogP contribution is 2.46. The summed E-state index contributed by atoms with van der Waals surface area (Å²) >= 11 is 0. The fourth-order valence-electron chi connectivity index (χ4n) is 10.9. The maximum atomic E-state index is 11.7. The van der Waals surface area contributed by atoms with Gasteiger partial charge in [0.1, 0.15) is 0 Å². The summed E-state index contributed by atoms with van der Waals surface area (Å²) in [6, 6.07) is 54.9. The largest absolute Gasteiger partial charge is 0.308 e. The summed E-state index contributed by atoms with van der Waals surface area (Å²) in [4.78, 5) is 18.5. The molecule has 0 saturated heterocycles. The van der Waals surface area contributed by atoms with Gasteiger partial charge in [0.25, 0.3) is 0 Å². The lowest BCUT2D eigenvalue weighted by atomic mass is 9.91. The second-order valence-corrected chi connectivity index (χ2v) is 17.0. The smallest absolute Gasteiger partial charge is 0.0999 e. The van der Waals surface area contributed by atoms with E-state index in [0.29, 0.717) is 33.6 Å². The second kappa shape index (κ2) is 14.3. The average Bonchev–Trinajstić information content (AvgIpc) is 4.13. The standard InChI is InChI=1S/C58H32N10/c59-29-35-25-37(65-47-13-5-1-9-39(47)43-17-21-61-31-53(43)65)27-51(67-49-15-7-3-11-41(49)45-19-23-63-33-55(45)67)57(35)58-36(30-60)26-38(66-48-14-6-2-10-40(48)44-18-22-62-32-54(44)66)28-52(58)68-50-16-8-4-12-42(50)46-20-24-64-34-56(46)68/h1-28,31-34H. The highest BCUT2D eigenvalue weighted by molar-refractivity contribution is 6.14. The molecule has 14 aromatic rings. The first-order valence-electron chi connectivity index (χ1n) is 22.2. The van der Waals surface area contributed by atoms with Crippen molar-refractivity contribution in [1.82, 2.24) is 38.2 Å². The number of aromatic nitrogens is 8. The van der Waals surface area contributed by atoms with Gasteiger partial charge in [0, 0.05) is 90.4 Å². The molecular weight excluding hydrogens is 837 g/mol. The van der Waals surface area contributed by atoms with Gasteiger partial charge in [-0.25, -0.2) is 0 Å². The predicted molar refractivity (Wildman–Crippen MR) is 270 cm³/mol. The quantitative estimate of drug-likeness (QED) is 0.170. The molecule has 314 valence electrons. The van der Waals surface area contributed by atoms with Gasteiger partial charge in [0.05, 0.1) is 104 Å². The van der Waals surface area contributed by atoms with Crippen LogP contribution in [-0.2, 0) is 0 Å². The highest BCUT2D eigenvalue weighted by Gasteiger charge is 2.28. The SMILES string of the molecule is N#Cc1cc(-n2c3ccccc3c3ccncc32)cc(-n2c3ccccc3c3ccncc32)c1-c1c(C#N)cc(-n2c3ccccc3c3ccncc32)cc1-n1c2ccccc2c2ccncc21. The van der Waals surface area contributed by atoms with Gasteiger partial charge in [0.15, 0.2) is 0 Å². The van der Waals surface area contributed by atoms with Crippen LogP contribution in [0.15, 0.2) is 195 Å². The van der Waals surface area contributed by atoms with Crippen molar-refractivity contribution in [3.8, 4) is 46.0 Å². The van der Waals surface area contributed by atoms with Crippen LogP contribution in [-0.4, -0.2) is 38.2 Å². The zero-order valence-corrected chi connectivity index (χ0v) is 35.9. The predicted octanol–water partition coefficient (Wildman–Crippen LogP) is 13.1. The number of hydrogen-bond acceptors (Lipinski definition) is 6. The molecule has 10 nitrogen and oxygen atoms in total. The van der Waals surface area contributed by atoms with E-state index >= 15 is 0 Å². The van der Waals surface area contributed by atoms with Gasteiger partial charge in [-0.1, -0.05) is 72.8 Å². The van der Waals surface area contributed by atoms with Gasteiger partial charge in [-0.2, -0.15) is 10.5 Å². The number of hydrogen-bond donors (Lipinski definition) is 0. The molecule has 0 aliphatic carbocycles. The third-order valence-corrected chi connectivity index (χ3v) is 13.6. The van der Waals surface area contributed by atoms with Crippen LogP contribution in [0.2, 0.25) is 0 Å². The van der Waals surface area contributed by atoms with Crippen molar-refractivity contribution in [2.45, 2.75) is 0 Å². The molecule has 0 N–H and O–H groups in total. The molecule has 0 aliphatic rings. The molecule has 6 aromatic carbocycles. The number of para-hydroxylation sites is 4. The lowest BCUT2D eigenvalue weighted by Gasteiger charge is -2.23.